The maximum atomic E-state index is 15.3. The van der Waals surface area contributed by atoms with E-state index >= 15 is 9.59 Å². The van der Waals surface area contributed by atoms with Crippen molar-refractivity contribution in [2.45, 2.75) is 134 Å². The van der Waals surface area contributed by atoms with Gasteiger partial charge in [0.2, 0.25) is 6.10 Å². The number of aliphatic hydroxyl groups excluding tert-OH is 2. The van der Waals surface area contributed by atoms with E-state index in [1.165, 1.54) is 20.8 Å². The number of imide groups is 1. The highest BCUT2D eigenvalue weighted by molar-refractivity contribution is 6.13. The number of benzene rings is 2. The predicted molar refractivity (Wildman–Crippen MR) is 241 cm³/mol. The number of hydrogen-bond acceptors (Lipinski definition) is 16. The molecule has 2 aromatic rings. The molecule has 18 nitrogen and oxygen atoms in total. The quantitative estimate of drug-likeness (QED) is 0.0732. The van der Waals surface area contributed by atoms with E-state index in [9.17, 15) is 44.1 Å². The lowest BCUT2D eigenvalue weighted by atomic mass is 9.42. The van der Waals surface area contributed by atoms with Gasteiger partial charge in [-0.05, 0) is 51.3 Å². The van der Waals surface area contributed by atoms with Gasteiger partial charge in [-0.15, -0.1) is 0 Å². The Hall–Kier alpha value is -6.08. The summed E-state index contributed by atoms with van der Waals surface area (Å²) in [6.45, 7) is 11.4. The van der Waals surface area contributed by atoms with Gasteiger partial charge in [0.15, 0.2) is 17.2 Å². The Morgan fingerprint density at radius 3 is 2.10 bits per heavy atom. The number of fused-ring (bicyclic) bond motifs is 5. The van der Waals surface area contributed by atoms with Crippen LogP contribution in [0.25, 0.3) is 0 Å². The molecule has 0 spiro atoms. The number of aliphatic hydroxyl groups is 3. The number of carbonyl (C=O) groups is 8. The summed E-state index contributed by atoms with van der Waals surface area (Å²) < 4.78 is 29.7. The second-order valence-corrected chi connectivity index (χ2v) is 20.4. The van der Waals surface area contributed by atoms with Gasteiger partial charge in [0, 0.05) is 67.7 Å². The number of ether oxygens (including phenoxy) is 5. The molecule has 11 atom stereocenters. The van der Waals surface area contributed by atoms with E-state index < -0.39 is 149 Å². The average Bonchev–Trinajstić information content (AvgIpc) is 3.60. The first-order valence-corrected chi connectivity index (χ1v) is 23.0. The Labute approximate surface area is 399 Å². The summed E-state index contributed by atoms with van der Waals surface area (Å²) in [5.74, 6) is -8.58. The molecule has 2 heterocycles. The number of hydrogen-bond donors (Lipinski definition) is 4. The minimum atomic E-state index is -2.25. The molecule has 2 aliphatic heterocycles. The Morgan fingerprint density at radius 2 is 1.54 bits per heavy atom. The minimum absolute atomic E-state index is 0.0646. The molecule has 5 aliphatic rings. The number of ketones is 2. The van der Waals surface area contributed by atoms with Crippen molar-refractivity contribution in [2.24, 2.45) is 22.7 Å². The lowest BCUT2D eigenvalue weighted by molar-refractivity contribution is -0.339. The molecule has 4 N–H and O–H groups in total. The molecule has 3 aliphatic carbocycles. The number of carbonyl (C=O) groups excluding carboxylic acids is 8. The molecule has 0 unspecified atom stereocenters. The number of alkyl carbamates (subject to hydrolysis) is 1. The van der Waals surface area contributed by atoms with E-state index in [-0.39, 0.29) is 35.3 Å². The highest BCUT2D eigenvalue weighted by Gasteiger charge is 2.76. The standard InChI is InChI=1S/C51H60N2O16/c1-27-33(66-45(62)42(67-38(59)21-22-53-36(57)19-20-37(53)58)40(30-17-13-10-14-18-30)52-46(63)69-47(3,4)5)25-51(64)31(23-32(55)29-15-11-9-12-16-29)43-49(8,44(61)41(60)39(27)48(51,6)7)34(56)24-35-50(43,26-65-35)68-28(2)54/h9-20,31,33-35,40-43,56,60,64H,21-26H2,1-8H3,(H,52,63)/t31-,33-,34-,35+,40-,41+,42+,43-,49+,50-,51+/m0/s1. The summed E-state index contributed by atoms with van der Waals surface area (Å²) in [6.07, 6.45) is -8.81. The van der Waals surface area contributed by atoms with Crippen molar-refractivity contribution < 1.29 is 77.4 Å². The maximum Gasteiger partial charge on any atom is 0.408 e. The molecule has 0 radical (unpaired) electrons. The third-order valence-corrected chi connectivity index (χ3v) is 14.7. The minimum Gasteiger partial charge on any atom is -0.455 e. The van der Waals surface area contributed by atoms with E-state index in [0.29, 0.717) is 0 Å². The highest BCUT2D eigenvalue weighted by atomic mass is 16.6. The van der Waals surface area contributed by atoms with Crippen LogP contribution in [0.5, 0.6) is 0 Å². The molecule has 69 heavy (non-hydrogen) atoms. The summed E-state index contributed by atoms with van der Waals surface area (Å²) in [5, 5.41) is 40.9. The molecular formula is C51H60N2O16. The van der Waals surface area contributed by atoms with Crippen LogP contribution < -0.4 is 5.32 Å². The number of esters is 3. The van der Waals surface area contributed by atoms with Crippen molar-refractivity contribution in [1.29, 1.82) is 0 Å². The van der Waals surface area contributed by atoms with Gasteiger partial charge in [-0.1, -0.05) is 74.5 Å². The van der Waals surface area contributed by atoms with Crippen LogP contribution in [0.4, 0.5) is 4.79 Å². The Bertz CT molecular complexity index is 2460. The lowest BCUT2D eigenvalue weighted by Gasteiger charge is -2.68. The third kappa shape index (κ3) is 9.14. The SMILES string of the molecule is CC(=O)O[C@@]12CO[C@@H]1C[C@H](O)[C@@]1(C)C(=O)[C@H](O)C3=C(C)[C@@H](OC(=O)[C@H](OC(=O)CCN4C(=O)C=CC4=O)[C@@H](NC(=O)OC(C)(C)C)c4ccccc4)C[C@@](O)([C@@H](CC(=O)c4ccccc4)[C@H]21)C3(C)C. The van der Waals surface area contributed by atoms with Crippen LogP contribution in [-0.2, 0) is 52.5 Å². The van der Waals surface area contributed by atoms with E-state index in [0.717, 1.165) is 17.1 Å². The Kier molecular flexibility index (Phi) is 13.7. The number of Topliss-reactive ketones (excluding diaryl/α,β-unsaturated/α-hetero) is 2. The lowest BCUT2D eigenvalue weighted by Crippen LogP contribution is -2.80. The van der Waals surface area contributed by atoms with Crippen molar-refractivity contribution in [3.8, 4) is 0 Å². The second-order valence-electron chi connectivity index (χ2n) is 20.4. The van der Waals surface area contributed by atoms with E-state index in [1.807, 2.05) is 0 Å². The molecule has 2 aromatic carbocycles. The fraction of sp³-hybridized carbons (Fsp3) is 0.529. The summed E-state index contributed by atoms with van der Waals surface area (Å²) in [6, 6.07) is 14.6. The molecule has 370 valence electrons. The molecule has 3 fully saturated rings. The van der Waals surface area contributed by atoms with Crippen molar-refractivity contribution in [3.05, 3.63) is 95.1 Å². The number of amides is 3. The van der Waals surface area contributed by atoms with Gasteiger partial charge in [0.05, 0.1) is 30.1 Å². The topological polar surface area (TPSA) is 259 Å². The van der Waals surface area contributed by atoms with Gasteiger partial charge in [-0.3, -0.25) is 33.7 Å². The zero-order valence-electron chi connectivity index (χ0n) is 39.9. The molecule has 2 saturated carbocycles. The van der Waals surface area contributed by atoms with Crippen LogP contribution in [0.2, 0.25) is 0 Å². The predicted octanol–water partition coefficient (Wildman–Crippen LogP) is 3.79. The van der Waals surface area contributed by atoms with E-state index in [1.54, 1.807) is 95.3 Å². The summed E-state index contributed by atoms with van der Waals surface area (Å²) >= 11 is 0. The molecule has 7 rings (SSSR count). The zero-order chi connectivity index (χ0) is 50.6. The van der Waals surface area contributed by atoms with Gasteiger partial charge in [-0.2, -0.15) is 0 Å². The van der Waals surface area contributed by atoms with Gasteiger partial charge >= 0.3 is 24.0 Å². The van der Waals surface area contributed by atoms with Gasteiger partial charge in [0.25, 0.3) is 11.8 Å². The van der Waals surface area contributed by atoms with Crippen molar-refractivity contribution in [1.82, 2.24) is 10.2 Å². The van der Waals surface area contributed by atoms with Crippen LogP contribution in [0.15, 0.2) is 84.0 Å². The summed E-state index contributed by atoms with van der Waals surface area (Å²) in [5.41, 5.74) is -7.98. The molecular weight excluding hydrogens is 897 g/mol. The summed E-state index contributed by atoms with van der Waals surface area (Å²) in [7, 11) is 0. The monoisotopic (exact) mass is 956 g/mol. The smallest absolute Gasteiger partial charge is 0.408 e. The fourth-order valence-corrected chi connectivity index (χ4v) is 11.4. The first-order valence-electron chi connectivity index (χ1n) is 23.0. The average molecular weight is 957 g/mol. The van der Waals surface area contributed by atoms with Crippen molar-refractivity contribution >= 4 is 47.4 Å². The van der Waals surface area contributed by atoms with Crippen molar-refractivity contribution in [3.63, 3.8) is 0 Å². The highest BCUT2D eigenvalue weighted by Crippen LogP contribution is 2.66. The van der Waals surface area contributed by atoms with Crippen molar-refractivity contribution in [2.75, 3.05) is 13.2 Å². The van der Waals surface area contributed by atoms with Gasteiger partial charge < -0.3 is 44.3 Å². The molecule has 2 bridgehead atoms. The van der Waals surface area contributed by atoms with E-state index in [4.69, 9.17) is 23.7 Å². The third-order valence-electron chi connectivity index (χ3n) is 14.7. The number of rotatable bonds is 13. The first-order chi connectivity index (χ1) is 32.3. The van der Waals surface area contributed by atoms with E-state index in [2.05, 4.69) is 5.32 Å². The molecule has 18 heteroatoms. The van der Waals surface area contributed by atoms with Crippen LogP contribution in [0.3, 0.4) is 0 Å². The molecule has 0 aromatic heterocycles. The van der Waals surface area contributed by atoms with Crippen LogP contribution >= 0.6 is 0 Å². The molecule has 1 saturated heterocycles. The Morgan fingerprint density at radius 1 is 0.928 bits per heavy atom. The Balaban J connectivity index is 1.35. The molecule has 3 amide bonds. The second kappa shape index (κ2) is 18.7. The number of nitrogens with zero attached hydrogens (tertiary/aromatic N) is 1. The van der Waals surface area contributed by atoms with Gasteiger partial charge in [0.1, 0.15) is 30.0 Å². The van der Waals surface area contributed by atoms with Crippen LogP contribution in [-0.4, -0.2) is 128 Å². The maximum absolute atomic E-state index is 15.3. The van der Waals surface area contributed by atoms with Gasteiger partial charge in [-0.25, -0.2) is 9.59 Å². The summed E-state index contributed by atoms with van der Waals surface area (Å²) in [4.78, 5) is 111. The number of nitrogens with one attached hydrogen (secondary N) is 1. The van der Waals surface area contributed by atoms with Crippen LogP contribution in [0.1, 0.15) is 103 Å². The normalized spacial score (nSPS) is 31.2. The van der Waals surface area contributed by atoms with Crippen LogP contribution in [0, 0.1) is 22.7 Å². The first kappa shape index (κ1) is 50.8. The largest absolute Gasteiger partial charge is 0.455 e. The fourth-order valence-electron chi connectivity index (χ4n) is 11.4. The zero-order valence-corrected chi connectivity index (χ0v) is 39.9.